The van der Waals surface area contributed by atoms with E-state index in [-0.39, 0.29) is 5.56 Å². The molecule has 5 nitrogen and oxygen atoms in total. The number of nitrogens with one attached hydrogen (secondary N) is 1. The summed E-state index contributed by atoms with van der Waals surface area (Å²) in [5.41, 5.74) is 1.80. The topological polar surface area (TPSA) is 58.6 Å². The second-order valence-electron chi connectivity index (χ2n) is 5.07. The zero-order valence-electron chi connectivity index (χ0n) is 12.9. The van der Waals surface area contributed by atoms with Gasteiger partial charge < -0.3 is 15.0 Å². The Morgan fingerprint density at radius 3 is 2.22 bits per heavy atom. The summed E-state index contributed by atoms with van der Waals surface area (Å²) < 4.78 is 17.6. The lowest BCUT2D eigenvalue weighted by molar-refractivity contribution is -0.119. The summed E-state index contributed by atoms with van der Waals surface area (Å²) in [5.74, 6) is -1.57. The maximum absolute atomic E-state index is 12.8. The van der Waals surface area contributed by atoms with Crippen molar-refractivity contribution in [3.63, 3.8) is 0 Å². The zero-order chi connectivity index (χ0) is 16.8. The monoisotopic (exact) mass is 316 g/mol. The van der Waals surface area contributed by atoms with Crippen molar-refractivity contribution >= 4 is 23.3 Å². The van der Waals surface area contributed by atoms with Gasteiger partial charge in [0, 0.05) is 25.5 Å². The fourth-order valence-corrected chi connectivity index (χ4v) is 1.84. The van der Waals surface area contributed by atoms with E-state index in [2.05, 4.69) is 5.32 Å². The van der Waals surface area contributed by atoms with Gasteiger partial charge in [-0.2, -0.15) is 0 Å². The molecule has 0 saturated carbocycles. The van der Waals surface area contributed by atoms with Crippen LogP contribution in [-0.4, -0.2) is 32.6 Å². The molecule has 0 aliphatic rings. The molecule has 2 aromatic carbocycles. The quantitative estimate of drug-likeness (QED) is 0.862. The van der Waals surface area contributed by atoms with E-state index < -0.39 is 24.3 Å². The molecule has 1 N–H and O–H groups in total. The molecule has 0 atom stereocenters. The number of carbonyl (C=O) groups is 2. The fourth-order valence-electron chi connectivity index (χ4n) is 1.84. The highest BCUT2D eigenvalue weighted by molar-refractivity contribution is 5.95. The fraction of sp³-hybridized carbons (Fsp3) is 0.176. The number of anilines is 2. The summed E-state index contributed by atoms with van der Waals surface area (Å²) in [6.07, 6.45) is 0. The van der Waals surface area contributed by atoms with E-state index in [1.54, 1.807) is 12.1 Å². The molecule has 0 aliphatic heterocycles. The Bertz CT molecular complexity index is 682. The average Bonchev–Trinajstić information content (AvgIpc) is 2.54. The smallest absolute Gasteiger partial charge is 0.338 e. The minimum Gasteiger partial charge on any atom is -0.452 e. The van der Waals surface area contributed by atoms with E-state index in [4.69, 9.17) is 4.74 Å². The van der Waals surface area contributed by atoms with Gasteiger partial charge in [0.2, 0.25) is 0 Å². The van der Waals surface area contributed by atoms with Crippen LogP contribution in [0.2, 0.25) is 0 Å². The SMILES string of the molecule is CN(C)c1ccc(NC(=O)COC(=O)c2ccc(F)cc2)cc1. The molecule has 0 aliphatic carbocycles. The van der Waals surface area contributed by atoms with Crippen molar-refractivity contribution in [1.29, 1.82) is 0 Å². The molecule has 0 aromatic heterocycles. The van der Waals surface area contributed by atoms with Crippen LogP contribution in [0.3, 0.4) is 0 Å². The number of nitrogens with zero attached hydrogens (tertiary/aromatic N) is 1. The molecule has 2 aromatic rings. The number of hydrogen-bond donors (Lipinski definition) is 1. The Kier molecular flexibility index (Phi) is 5.30. The number of hydrogen-bond acceptors (Lipinski definition) is 4. The van der Waals surface area contributed by atoms with Crippen molar-refractivity contribution in [2.24, 2.45) is 0 Å². The number of benzene rings is 2. The second kappa shape index (κ2) is 7.40. The molecule has 0 radical (unpaired) electrons. The van der Waals surface area contributed by atoms with Crippen LogP contribution in [0.15, 0.2) is 48.5 Å². The Morgan fingerprint density at radius 1 is 1.04 bits per heavy atom. The third-order valence-electron chi connectivity index (χ3n) is 3.08. The first kappa shape index (κ1) is 16.5. The molecule has 0 fully saturated rings. The maximum Gasteiger partial charge on any atom is 0.338 e. The lowest BCUT2D eigenvalue weighted by Crippen LogP contribution is -2.21. The zero-order valence-corrected chi connectivity index (χ0v) is 12.9. The molecular formula is C17H17FN2O3. The number of rotatable bonds is 5. The number of halogens is 1. The first-order valence-corrected chi connectivity index (χ1v) is 6.95. The maximum atomic E-state index is 12.8. The minimum atomic E-state index is -0.678. The van der Waals surface area contributed by atoms with Crippen LogP contribution in [0, 0.1) is 5.82 Å². The van der Waals surface area contributed by atoms with E-state index >= 15 is 0 Å². The summed E-state index contributed by atoms with van der Waals surface area (Å²) in [5, 5.41) is 2.63. The van der Waals surface area contributed by atoms with Crippen molar-refractivity contribution in [1.82, 2.24) is 0 Å². The van der Waals surface area contributed by atoms with Gasteiger partial charge in [0.05, 0.1) is 5.56 Å². The van der Waals surface area contributed by atoms with Gasteiger partial charge in [-0.3, -0.25) is 4.79 Å². The van der Waals surface area contributed by atoms with Crippen molar-refractivity contribution < 1.29 is 18.7 Å². The van der Waals surface area contributed by atoms with Crippen LogP contribution in [0.25, 0.3) is 0 Å². The van der Waals surface area contributed by atoms with E-state index in [9.17, 15) is 14.0 Å². The standard InChI is InChI=1S/C17H17FN2O3/c1-20(2)15-9-7-14(8-10-15)19-16(21)11-23-17(22)12-3-5-13(18)6-4-12/h3-10H,11H2,1-2H3,(H,19,21). The van der Waals surface area contributed by atoms with Crippen molar-refractivity contribution in [2.75, 3.05) is 30.9 Å². The van der Waals surface area contributed by atoms with E-state index in [0.29, 0.717) is 5.69 Å². The number of esters is 1. The highest BCUT2D eigenvalue weighted by Gasteiger charge is 2.10. The van der Waals surface area contributed by atoms with E-state index in [1.165, 1.54) is 12.1 Å². The average molecular weight is 316 g/mol. The molecule has 120 valence electrons. The van der Waals surface area contributed by atoms with Crippen LogP contribution in [0.1, 0.15) is 10.4 Å². The summed E-state index contributed by atoms with van der Waals surface area (Å²) in [7, 11) is 3.84. The lowest BCUT2D eigenvalue weighted by Gasteiger charge is -2.13. The molecule has 1 amide bonds. The highest BCUT2D eigenvalue weighted by Crippen LogP contribution is 2.15. The van der Waals surface area contributed by atoms with Gasteiger partial charge in [0.25, 0.3) is 5.91 Å². The van der Waals surface area contributed by atoms with Gasteiger partial charge in [-0.15, -0.1) is 0 Å². The van der Waals surface area contributed by atoms with E-state index in [1.807, 2.05) is 31.1 Å². The van der Waals surface area contributed by atoms with Gasteiger partial charge in [-0.25, -0.2) is 9.18 Å². The highest BCUT2D eigenvalue weighted by atomic mass is 19.1. The van der Waals surface area contributed by atoms with Gasteiger partial charge in [0.15, 0.2) is 6.61 Å². The van der Waals surface area contributed by atoms with Crippen molar-refractivity contribution in [3.05, 3.63) is 59.9 Å². The van der Waals surface area contributed by atoms with Gasteiger partial charge in [-0.05, 0) is 48.5 Å². The summed E-state index contributed by atoms with van der Waals surface area (Å²) in [6.45, 7) is -0.411. The largest absolute Gasteiger partial charge is 0.452 e. The third kappa shape index (κ3) is 4.81. The summed E-state index contributed by atoms with van der Waals surface area (Å²) >= 11 is 0. The number of carbonyl (C=O) groups excluding carboxylic acids is 2. The predicted octanol–water partition coefficient (Wildman–Crippen LogP) is 2.69. The molecule has 2 rings (SSSR count). The molecule has 23 heavy (non-hydrogen) atoms. The number of ether oxygens (including phenoxy) is 1. The lowest BCUT2D eigenvalue weighted by atomic mass is 10.2. The normalized spacial score (nSPS) is 10.0. The Hall–Kier alpha value is -2.89. The Balaban J connectivity index is 1.85. The van der Waals surface area contributed by atoms with Crippen LogP contribution in [0.5, 0.6) is 0 Å². The first-order chi connectivity index (χ1) is 11.0. The Morgan fingerprint density at radius 2 is 1.65 bits per heavy atom. The van der Waals surface area contributed by atoms with Crippen LogP contribution >= 0.6 is 0 Å². The third-order valence-corrected chi connectivity index (χ3v) is 3.08. The molecule has 0 spiro atoms. The molecule has 0 heterocycles. The van der Waals surface area contributed by atoms with Crippen LogP contribution < -0.4 is 10.2 Å². The van der Waals surface area contributed by atoms with Crippen molar-refractivity contribution in [2.45, 2.75) is 0 Å². The molecule has 6 heteroatoms. The predicted molar refractivity (Wildman–Crippen MR) is 86.1 cm³/mol. The van der Waals surface area contributed by atoms with Gasteiger partial charge in [0.1, 0.15) is 5.82 Å². The molecular weight excluding hydrogens is 299 g/mol. The molecule has 0 bridgehead atoms. The first-order valence-electron chi connectivity index (χ1n) is 6.95. The van der Waals surface area contributed by atoms with Gasteiger partial charge >= 0.3 is 5.97 Å². The Labute approximate surface area is 133 Å². The summed E-state index contributed by atoms with van der Waals surface area (Å²) in [6, 6.07) is 12.2. The second-order valence-corrected chi connectivity index (χ2v) is 5.07. The van der Waals surface area contributed by atoms with Gasteiger partial charge in [-0.1, -0.05) is 0 Å². The molecule has 0 unspecified atom stereocenters. The molecule has 0 saturated heterocycles. The van der Waals surface area contributed by atoms with Crippen molar-refractivity contribution in [3.8, 4) is 0 Å². The summed E-state index contributed by atoms with van der Waals surface area (Å²) in [4.78, 5) is 25.4. The van der Waals surface area contributed by atoms with E-state index in [0.717, 1.165) is 17.8 Å². The number of amides is 1. The van der Waals surface area contributed by atoms with Crippen LogP contribution in [-0.2, 0) is 9.53 Å². The van der Waals surface area contributed by atoms with Crippen LogP contribution in [0.4, 0.5) is 15.8 Å². The minimum absolute atomic E-state index is 0.189.